The zero-order chi connectivity index (χ0) is 21.6. The number of pyridine rings is 1. The van der Waals surface area contributed by atoms with Crippen molar-refractivity contribution >= 4 is 21.5 Å². The lowest BCUT2D eigenvalue weighted by molar-refractivity contribution is 0.301. The SMILES string of the molecule is CC1CCC(S(=O)(=O)c2ccc(CN=C(NC#N)Nc3ccncc3)cc2)C(C)C1. The molecule has 1 saturated carbocycles. The van der Waals surface area contributed by atoms with Crippen LogP contribution in [0.4, 0.5) is 5.69 Å². The van der Waals surface area contributed by atoms with E-state index in [1.807, 2.05) is 13.1 Å². The molecule has 7 nitrogen and oxygen atoms in total. The predicted octanol–water partition coefficient (Wildman–Crippen LogP) is 3.72. The number of sulfone groups is 1. The van der Waals surface area contributed by atoms with Crippen LogP contribution in [0.25, 0.3) is 0 Å². The Morgan fingerprint density at radius 1 is 1.17 bits per heavy atom. The topological polar surface area (TPSA) is 107 Å². The van der Waals surface area contributed by atoms with Gasteiger partial charge >= 0.3 is 0 Å². The highest BCUT2D eigenvalue weighted by atomic mass is 32.2. The van der Waals surface area contributed by atoms with Crippen molar-refractivity contribution in [2.45, 2.75) is 49.8 Å². The maximum atomic E-state index is 13.1. The molecule has 3 rings (SSSR count). The molecule has 8 heteroatoms. The van der Waals surface area contributed by atoms with E-state index in [9.17, 15) is 8.42 Å². The van der Waals surface area contributed by atoms with Crippen LogP contribution in [0.5, 0.6) is 0 Å². The lowest BCUT2D eigenvalue weighted by atomic mass is 9.83. The third-order valence-electron chi connectivity index (χ3n) is 5.54. The summed E-state index contributed by atoms with van der Waals surface area (Å²) in [7, 11) is -3.34. The maximum absolute atomic E-state index is 13.1. The number of aromatic nitrogens is 1. The van der Waals surface area contributed by atoms with Gasteiger partial charge in [0, 0.05) is 18.1 Å². The molecule has 1 aliphatic rings. The quantitative estimate of drug-likeness (QED) is 0.327. The average molecular weight is 426 g/mol. The normalized spacial score (nSPS) is 22.2. The van der Waals surface area contributed by atoms with Crippen molar-refractivity contribution in [2.24, 2.45) is 16.8 Å². The fourth-order valence-corrected chi connectivity index (χ4v) is 6.00. The fraction of sp³-hybridized carbons (Fsp3) is 0.409. The van der Waals surface area contributed by atoms with Gasteiger partial charge in [0.2, 0.25) is 5.96 Å². The Kier molecular flexibility index (Phi) is 7.06. The third kappa shape index (κ3) is 5.36. The molecule has 1 aromatic carbocycles. The molecule has 158 valence electrons. The number of nitriles is 1. The second-order valence-electron chi connectivity index (χ2n) is 7.89. The lowest BCUT2D eigenvalue weighted by Gasteiger charge is -2.32. The highest BCUT2D eigenvalue weighted by molar-refractivity contribution is 7.92. The van der Waals surface area contributed by atoms with E-state index in [4.69, 9.17) is 5.26 Å². The highest BCUT2D eigenvalue weighted by Gasteiger charge is 2.35. The van der Waals surface area contributed by atoms with Crippen LogP contribution >= 0.6 is 0 Å². The van der Waals surface area contributed by atoms with Crippen LogP contribution in [-0.4, -0.2) is 24.6 Å². The zero-order valence-corrected chi connectivity index (χ0v) is 18.1. The molecule has 0 bridgehead atoms. The van der Waals surface area contributed by atoms with Crippen LogP contribution in [-0.2, 0) is 16.4 Å². The molecule has 2 aromatic rings. The minimum Gasteiger partial charge on any atom is -0.325 e. The number of aliphatic imine (C=N–C) groups is 1. The summed E-state index contributed by atoms with van der Waals surface area (Å²) >= 11 is 0. The van der Waals surface area contributed by atoms with Crippen molar-refractivity contribution in [3.05, 3.63) is 54.4 Å². The molecule has 0 amide bonds. The van der Waals surface area contributed by atoms with Gasteiger partial charge in [0.05, 0.1) is 16.7 Å². The highest BCUT2D eigenvalue weighted by Crippen LogP contribution is 2.35. The zero-order valence-electron chi connectivity index (χ0n) is 17.2. The van der Waals surface area contributed by atoms with E-state index in [0.29, 0.717) is 23.3 Å². The van der Waals surface area contributed by atoms with E-state index in [0.717, 1.165) is 30.5 Å². The maximum Gasteiger partial charge on any atom is 0.209 e. The molecule has 1 aromatic heterocycles. The molecule has 3 unspecified atom stereocenters. The Hall–Kier alpha value is -2.92. The molecule has 2 N–H and O–H groups in total. The van der Waals surface area contributed by atoms with Crippen molar-refractivity contribution in [1.82, 2.24) is 10.3 Å². The summed E-state index contributed by atoms with van der Waals surface area (Å²) in [6.45, 7) is 4.54. The molecule has 1 heterocycles. The van der Waals surface area contributed by atoms with Crippen molar-refractivity contribution in [3.8, 4) is 6.19 Å². The van der Waals surface area contributed by atoms with Gasteiger partial charge in [0.15, 0.2) is 16.0 Å². The molecular formula is C22H27N5O2S. The first-order valence-electron chi connectivity index (χ1n) is 10.1. The van der Waals surface area contributed by atoms with Gasteiger partial charge in [-0.2, -0.15) is 5.26 Å². The molecule has 30 heavy (non-hydrogen) atoms. The van der Waals surface area contributed by atoms with Gasteiger partial charge in [0.25, 0.3) is 0 Å². The second-order valence-corrected chi connectivity index (χ2v) is 10.1. The molecule has 0 radical (unpaired) electrons. The molecule has 0 aliphatic heterocycles. The summed E-state index contributed by atoms with van der Waals surface area (Å²) in [4.78, 5) is 8.70. The van der Waals surface area contributed by atoms with Crippen molar-refractivity contribution in [1.29, 1.82) is 5.26 Å². The van der Waals surface area contributed by atoms with Crippen LogP contribution in [0.3, 0.4) is 0 Å². The molecular weight excluding hydrogens is 398 g/mol. The Morgan fingerprint density at radius 2 is 1.87 bits per heavy atom. The number of guanidine groups is 1. The minimum absolute atomic E-state index is 0.168. The Bertz CT molecular complexity index is 1010. The lowest BCUT2D eigenvalue weighted by Crippen LogP contribution is -2.33. The molecule has 0 saturated heterocycles. The Morgan fingerprint density at radius 3 is 2.50 bits per heavy atom. The molecule has 1 fully saturated rings. The first kappa shape index (κ1) is 21.8. The van der Waals surface area contributed by atoms with Crippen LogP contribution < -0.4 is 10.6 Å². The number of nitrogens with zero attached hydrogens (tertiary/aromatic N) is 3. The molecule has 1 aliphatic carbocycles. The van der Waals surface area contributed by atoms with Crippen molar-refractivity contribution in [2.75, 3.05) is 5.32 Å². The summed E-state index contributed by atoms with van der Waals surface area (Å²) in [5, 5.41) is 14.2. The van der Waals surface area contributed by atoms with Gasteiger partial charge in [-0.05, 0) is 60.9 Å². The first-order chi connectivity index (χ1) is 14.4. The smallest absolute Gasteiger partial charge is 0.209 e. The van der Waals surface area contributed by atoms with Gasteiger partial charge in [0.1, 0.15) is 0 Å². The first-order valence-corrected chi connectivity index (χ1v) is 11.6. The van der Waals surface area contributed by atoms with E-state index >= 15 is 0 Å². The Balaban J connectivity index is 1.70. The largest absolute Gasteiger partial charge is 0.325 e. The van der Waals surface area contributed by atoms with E-state index in [2.05, 4.69) is 27.5 Å². The number of benzene rings is 1. The molecule has 3 atom stereocenters. The number of anilines is 1. The Labute approximate surface area is 178 Å². The van der Waals surface area contributed by atoms with Crippen LogP contribution in [0.2, 0.25) is 0 Å². The summed E-state index contributed by atoms with van der Waals surface area (Å²) in [5.74, 6) is 1.07. The summed E-state index contributed by atoms with van der Waals surface area (Å²) in [6.07, 6.45) is 7.77. The second kappa shape index (κ2) is 9.72. The van der Waals surface area contributed by atoms with E-state index in [-0.39, 0.29) is 11.2 Å². The number of hydrogen-bond donors (Lipinski definition) is 2. The standard InChI is InChI=1S/C22H27N5O2S/c1-16-3-8-21(17(2)13-16)30(28,29)20-6-4-18(5-7-20)14-25-22(26-15-23)27-19-9-11-24-12-10-19/h4-7,9-12,16-17,21H,3,8,13-14H2,1-2H3,(H2,24,25,26,27). The van der Waals surface area contributed by atoms with E-state index in [1.54, 1.807) is 48.8 Å². The molecule has 0 spiro atoms. The van der Waals surface area contributed by atoms with Crippen LogP contribution in [0.15, 0.2) is 58.7 Å². The van der Waals surface area contributed by atoms with E-state index in [1.165, 1.54) is 0 Å². The summed E-state index contributed by atoms with van der Waals surface area (Å²) in [5.41, 5.74) is 1.61. The monoisotopic (exact) mass is 425 g/mol. The van der Waals surface area contributed by atoms with Gasteiger partial charge < -0.3 is 5.32 Å². The van der Waals surface area contributed by atoms with Crippen molar-refractivity contribution in [3.63, 3.8) is 0 Å². The van der Waals surface area contributed by atoms with E-state index < -0.39 is 9.84 Å². The average Bonchev–Trinajstić information content (AvgIpc) is 2.73. The van der Waals surface area contributed by atoms with Crippen LogP contribution in [0.1, 0.15) is 38.7 Å². The summed E-state index contributed by atoms with van der Waals surface area (Å²) < 4.78 is 26.2. The van der Waals surface area contributed by atoms with Gasteiger partial charge in [-0.1, -0.05) is 26.0 Å². The van der Waals surface area contributed by atoms with Crippen molar-refractivity contribution < 1.29 is 8.42 Å². The minimum atomic E-state index is -3.34. The number of rotatable bonds is 5. The van der Waals surface area contributed by atoms with Gasteiger partial charge in [-0.15, -0.1) is 0 Å². The van der Waals surface area contributed by atoms with Gasteiger partial charge in [-0.25, -0.2) is 13.4 Å². The predicted molar refractivity (Wildman–Crippen MR) is 117 cm³/mol. The number of nitrogens with one attached hydrogen (secondary N) is 2. The number of hydrogen-bond acceptors (Lipinski definition) is 5. The summed E-state index contributed by atoms with van der Waals surface area (Å²) in [6, 6.07) is 10.4. The third-order valence-corrected chi connectivity index (χ3v) is 7.97. The van der Waals surface area contributed by atoms with Crippen LogP contribution in [0, 0.1) is 23.3 Å². The fourth-order valence-electron chi connectivity index (χ4n) is 3.96. The van der Waals surface area contributed by atoms with Gasteiger partial charge in [-0.3, -0.25) is 10.3 Å².